The zero-order valence-corrected chi connectivity index (χ0v) is 19.6. The van der Waals surface area contributed by atoms with E-state index in [-0.39, 0.29) is 0 Å². The van der Waals surface area contributed by atoms with Crippen molar-refractivity contribution in [3.8, 4) is 0 Å². The third-order valence-electron chi connectivity index (χ3n) is 4.45. The van der Waals surface area contributed by atoms with Crippen LogP contribution in [-0.2, 0) is 15.6 Å². The molecule has 0 N–H and O–H groups in total. The Kier molecular flexibility index (Phi) is 19.1. The zero-order valence-electron chi connectivity index (χ0n) is 18.8. The minimum Gasteiger partial charge on any atom is -0.542 e. The van der Waals surface area contributed by atoms with E-state index in [1.54, 1.807) is 0 Å². The average Bonchev–Trinajstić information content (AvgIpc) is 2.60. The van der Waals surface area contributed by atoms with E-state index in [2.05, 4.69) is 28.1 Å². The first-order valence-electron chi connectivity index (χ1n) is 10.8. The van der Waals surface area contributed by atoms with Crippen molar-refractivity contribution in [1.29, 1.82) is 0 Å². The lowest BCUT2D eigenvalue weighted by Crippen LogP contribution is -2.38. The van der Waals surface area contributed by atoms with E-state index in [9.17, 15) is 17.4 Å². The summed E-state index contributed by atoms with van der Waals surface area (Å²) in [4.78, 5) is 8.78. The fraction of sp³-hybridized carbons (Fsp3) is 0.952. The van der Waals surface area contributed by atoms with Crippen molar-refractivity contribution < 1.29 is 31.8 Å². The van der Waals surface area contributed by atoms with Crippen LogP contribution < -0.4 is 5.11 Å². The van der Waals surface area contributed by atoms with Crippen molar-refractivity contribution in [2.45, 2.75) is 90.1 Å². The lowest BCUT2D eigenvalue weighted by atomic mass is 10.1. The Hall–Kier alpha value is -0.630. The van der Waals surface area contributed by atoms with Gasteiger partial charge in [-0.05, 0) is 6.42 Å². The number of carboxylic acids is 1. The summed E-state index contributed by atoms with van der Waals surface area (Å²) in [5.41, 5.74) is 0. The lowest BCUT2D eigenvalue weighted by molar-refractivity contribution is -0.867. The smallest absolute Gasteiger partial charge is 0.430 e. The van der Waals surface area contributed by atoms with Crippen LogP contribution in [0, 0.1) is 0 Å². The van der Waals surface area contributed by atoms with Crippen molar-refractivity contribution in [3.63, 3.8) is 0 Å². The summed E-state index contributed by atoms with van der Waals surface area (Å²) in [5.74, 6) is -1.23. The summed E-state index contributed by atoms with van der Waals surface area (Å²) in [5, 5.41) is 8.78. The Morgan fingerprint density at radius 2 is 1.14 bits per heavy atom. The normalized spacial score (nSPS) is 12.9. The maximum Gasteiger partial charge on any atom is 0.430 e. The van der Waals surface area contributed by atoms with Crippen LogP contribution >= 0.6 is 0 Å². The second kappa shape index (κ2) is 18.2. The van der Waals surface area contributed by atoms with E-state index < -0.39 is 22.9 Å². The molecule has 0 saturated heterocycles. The van der Waals surface area contributed by atoms with Crippen molar-refractivity contribution in [3.05, 3.63) is 0 Å². The van der Waals surface area contributed by atoms with Crippen LogP contribution in [-0.4, -0.2) is 60.0 Å². The number of unbranched alkanes of at least 4 members (excludes halogenated alkanes) is 11. The zero-order chi connectivity index (χ0) is 22.8. The minimum atomic E-state index is -5.19. The molecule has 0 radical (unpaired) electrons. The third kappa shape index (κ3) is 27.4. The molecule has 1 atom stereocenters. The molecule has 0 heterocycles. The number of carbonyl (C=O) groups is 1. The molecule has 0 bridgehead atoms. The van der Waals surface area contributed by atoms with Gasteiger partial charge in [-0.2, -0.15) is 13.2 Å². The Morgan fingerprint density at radius 3 is 1.45 bits per heavy atom. The molecule has 0 saturated carbocycles. The molecule has 0 aliphatic heterocycles. The molecule has 0 aliphatic rings. The van der Waals surface area contributed by atoms with Crippen LogP contribution in [0.3, 0.4) is 0 Å². The number of carboxylic acid groups (broad SMARTS) is 1. The van der Waals surface area contributed by atoms with Gasteiger partial charge in [0.1, 0.15) is 5.97 Å². The maximum absolute atomic E-state index is 11.9. The Bertz CT molecular complexity index is 424. The number of aliphatic carboxylic acids is 1. The van der Waals surface area contributed by atoms with Gasteiger partial charge in [0, 0.05) is 16.6 Å². The average molecular weight is 446 g/mol. The topological polar surface area (TPSA) is 57.2 Å². The minimum absolute atomic E-state index is 0.597. The Balaban J connectivity index is 0. The molecule has 0 aromatic heterocycles. The SMILES string of the molecule is CCCCCCCCCCCCCCS(=O)CC[N+](C)(C)C.O=C([O-])C(F)(F)F. The Morgan fingerprint density at radius 1 is 0.793 bits per heavy atom. The van der Waals surface area contributed by atoms with Crippen molar-refractivity contribution in [1.82, 2.24) is 0 Å². The first-order valence-corrected chi connectivity index (χ1v) is 12.3. The van der Waals surface area contributed by atoms with Gasteiger partial charge in [-0.15, -0.1) is 0 Å². The van der Waals surface area contributed by atoms with Gasteiger partial charge in [0.25, 0.3) is 0 Å². The molecule has 0 amide bonds. The van der Waals surface area contributed by atoms with E-state index >= 15 is 0 Å². The van der Waals surface area contributed by atoms with Gasteiger partial charge in [0.15, 0.2) is 0 Å². The predicted octanol–water partition coefficient (Wildman–Crippen LogP) is 4.44. The van der Waals surface area contributed by atoms with Gasteiger partial charge in [0.05, 0.1) is 33.4 Å². The van der Waals surface area contributed by atoms with Crippen molar-refractivity contribution >= 4 is 16.8 Å². The largest absolute Gasteiger partial charge is 0.542 e. The summed E-state index contributed by atoms with van der Waals surface area (Å²) in [7, 11) is 5.91. The van der Waals surface area contributed by atoms with Crippen LogP contribution in [0.25, 0.3) is 0 Å². The first kappa shape index (κ1) is 30.6. The van der Waals surface area contributed by atoms with E-state index in [1.807, 2.05) is 0 Å². The number of carbonyl (C=O) groups excluding carboxylic acids is 1. The molecule has 1 unspecified atom stereocenters. The van der Waals surface area contributed by atoms with E-state index in [0.29, 0.717) is 0 Å². The lowest BCUT2D eigenvalue weighted by Gasteiger charge is -2.23. The van der Waals surface area contributed by atoms with Gasteiger partial charge in [0.2, 0.25) is 0 Å². The van der Waals surface area contributed by atoms with Crippen LogP contribution in [0.2, 0.25) is 0 Å². The summed E-state index contributed by atoms with van der Waals surface area (Å²) < 4.78 is 44.3. The van der Waals surface area contributed by atoms with Crippen LogP contribution in [0.4, 0.5) is 13.2 Å². The van der Waals surface area contributed by atoms with Gasteiger partial charge in [-0.1, -0.05) is 77.6 Å². The number of quaternary nitrogens is 1. The summed E-state index contributed by atoms with van der Waals surface area (Å²) >= 11 is 0. The molecule has 0 rings (SSSR count). The highest BCUT2D eigenvalue weighted by Gasteiger charge is 2.28. The first-order chi connectivity index (χ1) is 13.4. The van der Waals surface area contributed by atoms with E-state index in [0.717, 1.165) is 29.0 Å². The highest BCUT2D eigenvalue weighted by Crippen LogP contribution is 2.12. The molecule has 0 spiro atoms. The summed E-state index contributed by atoms with van der Waals surface area (Å²) in [6, 6.07) is 0. The van der Waals surface area contributed by atoms with Crippen LogP contribution in [0.1, 0.15) is 84.0 Å². The number of rotatable bonds is 16. The fourth-order valence-corrected chi connectivity index (χ4v) is 4.06. The molecule has 176 valence electrons. The molecule has 29 heavy (non-hydrogen) atoms. The monoisotopic (exact) mass is 445 g/mol. The maximum atomic E-state index is 11.9. The molecule has 4 nitrogen and oxygen atoms in total. The van der Waals surface area contributed by atoms with Crippen molar-refractivity contribution in [2.24, 2.45) is 0 Å². The van der Waals surface area contributed by atoms with Crippen LogP contribution in [0.15, 0.2) is 0 Å². The second-order valence-electron chi connectivity index (χ2n) is 8.54. The number of alkyl halides is 3. The van der Waals surface area contributed by atoms with Gasteiger partial charge < -0.3 is 14.4 Å². The van der Waals surface area contributed by atoms with Crippen molar-refractivity contribution in [2.75, 3.05) is 39.2 Å². The summed E-state index contributed by atoms with van der Waals surface area (Å²) in [6.45, 7) is 3.30. The molecular formula is C21H42F3NO3S. The third-order valence-corrected chi connectivity index (χ3v) is 5.83. The highest BCUT2D eigenvalue weighted by molar-refractivity contribution is 7.84. The molecule has 0 aromatic carbocycles. The molecule has 0 fully saturated rings. The van der Waals surface area contributed by atoms with Gasteiger partial charge in [-0.25, -0.2) is 0 Å². The fourth-order valence-electron chi connectivity index (χ4n) is 2.58. The van der Waals surface area contributed by atoms with E-state index in [4.69, 9.17) is 9.90 Å². The Labute approximate surface area is 178 Å². The second-order valence-corrected chi connectivity index (χ2v) is 10.2. The predicted molar refractivity (Wildman–Crippen MR) is 113 cm³/mol. The summed E-state index contributed by atoms with van der Waals surface area (Å²) in [6.07, 6.45) is 11.3. The molecular weight excluding hydrogens is 403 g/mol. The molecule has 8 heteroatoms. The number of hydrogen-bond acceptors (Lipinski definition) is 3. The molecule has 0 aliphatic carbocycles. The number of hydrogen-bond donors (Lipinski definition) is 0. The van der Waals surface area contributed by atoms with Gasteiger partial charge in [-0.3, -0.25) is 4.21 Å². The van der Waals surface area contributed by atoms with Crippen LogP contribution in [0.5, 0.6) is 0 Å². The quantitative estimate of drug-likeness (QED) is 0.261. The van der Waals surface area contributed by atoms with Gasteiger partial charge >= 0.3 is 6.18 Å². The number of nitrogens with zero attached hydrogens (tertiary/aromatic N) is 1. The standard InChI is InChI=1S/C19H42NOS.C2HF3O2/c1-5-6-7-8-9-10-11-12-13-14-15-16-18-22(21)19-17-20(2,3)4;3-2(4,5)1(6)7/h5-19H2,1-4H3;(H,6,7)/q+1;/p-1. The van der Waals surface area contributed by atoms with E-state index in [1.165, 1.54) is 70.6 Å². The number of halogens is 3. The highest BCUT2D eigenvalue weighted by atomic mass is 32.2. The molecule has 0 aromatic rings.